The van der Waals surface area contributed by atoms with Crippen molar-refractivity contribution in [1.29, 1.82) is 0 Å². The van der Waals surface area contributed by atoms with Gasteiger partial charge in [0, 0.05) is 17.9 Å². The number of ketones is 1. The Kier molecular flexibility index (Phi) is 5.57. The van der Waals surface area contributed by atoms with Gasteiger partial charge in [0.25, 0.3) is 0 Å². The number of rotatable bonds is 2. The predicted molar refractivity (Wildman–Crippen MR) is 129 cm³/mol. The first-order valence-corrected chi connectivity index (χ1v) is 13.0. The van der Waals surface area contributed by atoms with E-state index in [0.717, 1.165) is 49.0 Å². The van der Waals surface area contributed by atoms with Crippen molar-refractivity contribution in [3.63, 3.8) is 0 Å². The maximum absolute atomic E-state index is 12.4. The average molecular weight is 433 g/mol. The lowest BCUT2D eigenvalue weighted by Gasteiger charge is -2.62. The molecule has 3 unspecified atom stereocenters. The first-order chi connectivity index (χ1) is 15.3. The van der Waals surface area contributed by atoms with Gasteiger partial charge in [0.2, 0.25) is 0 Å². The average Bonchev–Trinajstić information content (AvgIpc) is 3.13. The van der Waals surface area contributed by atoms with Gasteiger partial charge in [0.1, 0.15) is 5.78 Å². The number of fused-ring (bicyclic) bond motifs is 5. The molecule has 5 rings (SSSR count). The first kappa shape index (κ1) is 22.2. The lowest BCUT2D eigenvalue weighted by atomic mass is 9.43. The highest BCUT2D eigenvalue weighted by molar-refractivity contribution is 5.79. The van der Waals surface area contributed by atoms with Crippen LogP contribution in [0.1, 0.15) is 90.5 Å². The Morgan fingerprint density at radius 3 is 2.47 bits per heavy atom. The Balaban J connectivity index is 1.30. The second-order valence-electron chi connectivity index (χ2n) is 12.2. The van der Waals surface area contributed by atoms with Crippen molar-refractivity contribution in [3.05, 3.63) is 35.9 Å². The zero-order valence-electron chi connectivity index (χ0n) is 20.2. The van der Waals surface area contributed by atoms with Crippen molar-refractivity contribution < 1.29 is 9.90 Å². The van der Waals surface area contributed by atoms with E-state index < -0.39 is 5.60 Å². The first-order valence-electron chi connectivity index (χ1n) is 13.0. The molecule has 0 spiro atoms. The molecule has 1 aromatic rings. The molecule has 4 aliphatic rings. The molecule has 0 bridgehead atoms. The molecular weight excluding hydrogens is 392 g/mol. The van der Waals surface area contributed by atoms with Crippen molar-refractivity contribution >= 4 is 5.78 Å². The van der Waals surface area contributed by atoms with Crippen LogP contribution in [0.4, 0.5) is 0 Å². The van der Waals surface area contributed by atoms with Gasteiger partial charge in [-0.25, -0.2) is 0 Å². The molecule has 4 fully saturated rings. The minimum absolute atomic E-state index is 0.235. The number of carbonyl (C=O) groups is 1. The smallest absolute Gasteiger partial charge is 0.133 e. The van der Waals surface area contributed by atoms with Crippen LogP contribution in [0.2, 0.25) is 0 Å². The second-order valence-corrected chi connectivity index (χ2v) is 12.2. The van der Waals surface area contributed by atoms with Crippen LogP contribution < -0.4 is 0 Å². The molecule has 0 aromatic heterocycles. The Hall–Kier alpha value is -1.59. The van der Waals surface area contributed by atoms with Crippen LogP contribution in [0.15, 0.2) is 30.3 Å². The SMILES string of the molecule is CC(=O)[C@H]1CCC2C3CC[C@@H]4C[C@@](O)(CC#Cc5ccccc5)CC[C@]4(C)C3CC[C@@]21C. The third-order valence-electron chi connectivity index (χ3n) is 10.7. The topological polar surface area (TPSA) is 37.3 Å². The van der Waals surface area contributed by atoms with E-state index in [-0.39, 0.29) is 5.41 Å². The molecule has 2 nitrogen and oxygen atoms in total. The Bertz CT molecular complexity index is 925. The van der Waals surface area contributed by atoms with Crippen molar-refractivity contribution in [2.24, 2.45) is 40.4 Å². The van der Waals surface area contributed by atoms with Crippen LogP contribution in [0.25, 0.3) is 0 Å². The van der Waals surface area contributed by atoms with Gasteiger partial charge in [0.05, 0.1) is 5.60 Å². The molecule has 2 heteroatoms. The van der Waals surface area contributed by atoms with Crippen LogP contribution in [0.3, 0.4) is 0 Å². The Morgan fingerprint density at radius 1 is 0.969 bits per heavy atom. The normalized spacial score (nSPS) is 45.1. The van der Waals surface area contributed by atoms with Crippen LogP contribution in [-0.2, 0) is 4.79 Å². The highest BCUT2D eigenvalue weighted by Gasteiger charge is 2.61. The highest BCUT2D eigenvalue weighted by Crippen LogP contribution is 2.68. The van der Waals surface area contributed by atoms with E-state index in [2.05, 4.69) is 25.7 Å². The summed E-state index contributed by atoms with van der Waals surface area (Å²) in [6.07, 6.45) is 10.9. The van der Waals surface area contributed by atoms with Crippen LogP contribution in [-0.4, -0.2) is 16.5 Å². The van der Waals surface area contributed by atoms with Gasteiger partial charge < -0.3 is 5.11 Å². The highest BCUT2D eigenvalue weighted by atomic mass is 16.3. The monoisotopic (exact) mass is 432 g/mol. The van der Waals surface area contributed by atoms with E-state index in [1.165, 1.54) is 32.1 Å². The molecular formula is C30H40O2. The fourth-order valence-electron chi connectivity index (χ4n) is 8.98. The van der Waals surface area contributed by atoms with Crippen molar-refractivity contribution in [3.8, 4) is 11.8 Å². The quantitative estimate of drug-likeness (QED) is 0.549. The van der Waals surface area contributed by atoms with E-state index >= 15 is 0 Å². The molecule has 32 heavy (non-hydrogen) atoms. The molecule has 1 N–H and O–H groups in total. The summed E-state index contributed by atoms with van der Waals surface area (Å²) >= 11 is 0. The van der Waals surface area contributed by atoms with Gasteiger partial charge >= 0.3 is 0 Å². The minimum atomic E-state index is -0.630. The molecule has 1 aromatic carbocycles. The van der Waals surface area contributed by atoms with Gasteiger partial charge in [-0.3, -0.25) is 4.79 Å². The van der Waals surface area contributed by atoms with E-state index in [4.69, 9.17) is 0 Å². The molecule has 0 amide bonds. The predicted octanol–water partition coefficient (Wildman–Crippen LogP) is 6.41. The molecule has 0 heterocycles. The number of hydrogen-bond acceptors (Lipinski definition) is 2. The summed E-state index contributed by atoms with van der Waals surface area (Å²) < 4.78 is 0. The third kappa shape index (κ3) is 3.56. The van der Waals surface area contributed by atoms with E-state index in [1.807, 2.05) is 37.3 Å². The standard InChI is InChI=1S/C30H40O2/c1-21(31)25-13-14-26-24-12-11-23-20-30(32,16-7-10-22-8-5-4-6-9-22)19-18-28(23,2)27(24)15-17-29(25,26)3/h4-6,8-9,23-27,32H,11-20H2,1-3H3/t23-,24?,25-,26?,27?,28+,29-,30-/m1/s1. The summed E-state index contributed by atoms with van der Waals surface area (Å²) in [5, 5.41) is 11.4. The zero-order chi connectivity index (χ0) is 22.6. The fourth-order valence-corrected chi connectivity index (χ4v) is 8.98. The summed E-state index contributed by atoms with van der Waals surface area (Å²) in [6.45, 7) is 6.81. The molecule has 0 saturated heterocycles. The van der Waals surface area contributed by atoms with E-state index in [1.54, 1.807) is 0 Å². The van der Waals surface area contributed by atoms with E-state index in [0.29, 0.717) is 29.5 Å². The fraction of sp³-hybridized carbons (Fsp3) is 0.700. The number of hydrogen-bond donors (Lipinski definition) is 1. The van der Waals surface area contributed by atoms with Gasteiger partial charge in [-0.15, -0.1) is 0 Å². The number of aliphatic hydroxyl groups is 1. The van der Waals surface area contributed by atoms with Crippen molar-refractivity contribution in [1.82, 2.24) is 0 Å². The lowest BCUT2D eigenvalue weighted by Crippen LogP contribution is -2.56. The van der Waals surface area contributed by atoms with Crippen LogP contribution in [0, 0.1) is 52.3 Å². The summed E-state index contributed by atoms with van der Waals surface area (Å²) in [4.78, 5) is 12.4. The Labute approximate surface area is 194 Å². The summed E-state index contributed by atoms with van der Waals surface area (Å²) in [7, 11) is 0. The number of Topliss-reactive ketones (excluding diaryl/α,β-unsaturated/α-hetero) is 1. The summed E-state index contributed by atoms with van der Waals surface area (Å²) in [5.74, 6) is 10.1. The van der Waals surface area contributed by atoms with Crippen molar-refractivity contribution in [2.45, 2.75) is 90.6 Å². The Morgan fingerprint density at radius 2 is 1.72 bits per heavy atom. The lowest BCUT2D eigenvalue weighted by molar-refractivity contribution is -0.152. The number of benzene rings is 1. The number of carbonyl (C=O) groups excluding carboxylic acids is 1. The minimum Gasteiger partial charge on any atom is -0.389 e. The van der Waals surface area contributed by atoms with Crippen molar-refractivity contribution in [2.75, 3.05) is 0 Å². The van der Waals surface area contributed by atoms with Gasteiger partial charge in [-0.05, 0) is 111 Å². The van der Waals surface area contributed by atoms with Gasteiger partial charge in [0.15, 0.2) is 0 Å². The van der Waals surface area contributed by atoms with Crippen LogP contribution >= 0.6 is 0 Å². The second kappa shape index (κ2) is 8.02. The van der Waals surface area contributed by atoms with E-state index in [9.17, 15) is 9.90 Å². The maximum Gasteiger partial charge on any atom is 0.133 e. The van der Waals surface area contributed by atoms with Gasteiger partial charge in [-0.1, -0.05) is 43.9 Å². The summed E-state index contributed by atoms with van der Waals surface area (Å²) in [5.41, 5.74) is 0.980. The molecule has 0 aliphatic heterocycles. The molecule has 4 aliphatic carbocycles. The summed E-state index contributed by atoms with van der Waals surface area (Å²) in [6, 6.07) is 10.1. The molecule has 8 atom stereocenters. The third-order valence-corrected chi connectivity index (χ3v) is 10.7. The maximum atomic E-state index is 12.4. The van der Waals surface area contributed by atoms with Crippen LogP contribution in [0.5, 0.6) is 0 Å². The largest absolute Gasteiger partial charge is 0.389 e. The molecule has 172 valence electrons. The molecule has 4 saturated carbocycles. The molecule has 0 radical (unpaired) electrons. The van der Waals surface area contributed by atoms with Gasteiger partial charge in [-0.2, -0.15) is 0 Å². The zero-order valence-corrected chi connectivity index (χ0v) is 20.2.